The third-order valence-corrected chi connectivity index (χ3v) is 7.94. The van der Waals surface area contributed by atoms with Crippen LogP contribution in [0.25, 0.3) is 21.1 Å². The number of anilines is 1. The Morgan fingerprint density at radius 3 is 3.06 bits per heavy atom. The minimum absolute atomic E-state index is 0.146. The highest BCUT2D eigenvalue weighted by molar-refractivity contribution is 7.17. The van der Waals surface area contributed by atoms with Gasteiger partial charge in [-0.3, -0.25) is 4.79 Å². The average molecular weight is 502 g/mol. The average Bonchev–Trinajstić information content (AvgIpc) is 3.67. The largest absolute Gasteiger partial charge is 0.466 e. The van der Waals surface area contributed by atoms with Crippen molar-refractivity contribution >= 4 is 44.1 Å². The number of thiophene rings is 1. The Hall–Kier alpha value is -3.79. The van der Waals surface area contributed by atoms with Gasteiger partial charge in [-0.15, -0.1) is 16.4 Å². The van der Waals surface area contributed by atoms with Crippen molar-refractivity contribution in [3.8, 4) is 0 Å². The van der Waals surface area contributed by atoms with Gasteiger partial charge < -0.3 is 15.0 Å². The number of carbonyl (C=O) groups excluding carboxylic acids is 1. The van der Waals surface area contributed by atoms with Gasteiger partial charge in [0.15, 0.2) is 5.82 Å². The Morgan fingerprint density at radius 2 is 2.14 bits per heavy atom. The summed E-state index contributed by atoms with van der Waals surface area (Å²) in [5.41, 5.74) is 3.87. The van der Waals surface area contributed by atoms with Gasteiger partial charge in [0, 0.05) is 16.0 Å². The summed E-state index contributed by atoms with van der Waals surface area (Å²) in [5.74, 6) is 0.255. The van der Waals surface area contributed by atoms with E-state index in [1.807, 2.05) is 41.9 Å². The van der Waals surface area contributed by atoms with Crippen LogP contribution in [0.4, 0.5) is 5.69 Å². The molecule has 36 heavy (non-hydrogen) atoms. The number of carbonyl (C=O) groups is 1. The van der Waals surface area contributed by atoms with Gasteiger partial charge in [-0.1, -0.05) is 31.0 Å². The van der Waals surface area contributed by atoms with Crippen LogP contribution in [-0.2, 0) is 9.53 Å². The first-order valence-electron chi connectivity index (χ1n) is 12.3. The minimum Gasteiger partial charge on any atom is -0.466 e. The van der Waals surface area contributed by atoms with Gasteiger partial charge in [-0.05, 0) is 65.2 Å². The van der Waals surface area contributed by atoms with Crippen LogP contribution in [0, 0.1) is 5.92 Å². The lowest BCUT2D eigenvalue weighted by Gasteiger charge is -2.31. The maximum absolute atomic E-state index is 12.9. The van der Waals surface area contributed by atoms with Gasteiger partial charge in [-0.25, -0.2) is 9.67 Å². The van der Waals surface area contributed by atoms with Crippen LogP contribution in [0.3, 0.4) is 0 Å². The molecule has 2 aromatic carbocycles. The summed E-state index contributed by atoms with van der Waals surface area (Å²) < 4.78 is 8.48. The number of fused-ring (bicyclic) bond motifs is 2. The number of imidazole rings is 1. The van der Waals surface area contributed by atoms with Crippen molar-refractivity contribution in [2.45, 2.75) is 44.7 Å². The van der Waals surface area contributed by atoms with Gasteiger partial charge in [-0.2, -0.15) is 0 Å². The number of tetrazole rings is 1. The number of nitrogens with zero attached hydrogens (tertiary/aromatic N) is 5. The summed E-state index contributed by atoms with van der Waals surface area (Å²) in [6, 6.07) is 13.9. The molecule has 0 amide bonds. The zero-order valence-electron chi connectivity index (χ0n) is 19.9. The molecule has 0 bridgehead atoms. The van der Waals surface area contributed by atoms with Crippen LogP contribution >= 0.6 is 11.3 Å². The van der Waals surface area contributed by atoms with Crippen molar-refractivity contribution in [2.75, 3.05) is 11.9 Å². The standard InChI is InChI=1S/C26H27N7O2S/c1-2-35-26(34)18-8-3-5-9-22(18)33-25(30-31-32-33)24(19-14-36-23-10-6-4-7-17(19)23)29-16-11-12-20-21(13-16)28-15-27-20/h4,6-7,10-15,18,22,24,29H,2-3,5,8-9H2,1H3,(H,27,28). The zero-order chi connectivity index (χ0) is 24.5. The van der Waals surface area contributed by atoms with Crippen molar-refractivity contribution < 1.29 is 9.53 Å². The molecule has 3 aromatic heterocycles. The molecule has 10 heteroatoms. The molecule has 0 aliphatic heterocycles. The molecule has 1 fully saturated rings. The van der Waals surface area contributed by atoms with E-state index in [9.17, 15) is 4.79 Å². The third-order valence-electron chi connectivity index (χ3n) is 6.96. The van der Waals surface area contributed by atoms with E-state index in [-0.39, 0.29) is 24.0 Å². The molecule has 6 rings (SSSR count). The predicted octanol–water partition coefficient (Wildman–Crippen LogP) is 5.26. The molecule has 5 aromatic rings. The Labute approximate surface area is 211 Å². The van der Waals surface area contributed by atoms with Gasteiger partial charge >= 0.3 is 5.97 Å². The van der Waals surface area contributed by atoms with E-state index in [2.05, 4.69) is 48.3 Å². The van der Waals surface area contributed by atoms with E-state index in [1.54, 1.807) is 17.7 Å². The summed E-state index contributed by atoms with van der Waals surface area (Å²) in [6.45, 7) is 2.21. The first kappa shape index (κ1) is 22.7. The molecule has 9 nitrogen and oxygen atoms in total. The Morgan fingerprint density at radius 1 is 1.25 bits per heavy atom. The normalized spacial score (nSPS) is 18.9. The first-order chi connectivity index (χ1) is 17.7. The number of nitrogens with one attached hydrogen (secondary N) is 2. The SMILES string of the molecule is CCOC(=O)C1CCCCC1n1nnnc1C(Nc1ccc2nc[nH]c2c1)c1csc2ccccc12. The summed E-state index contributed by atoms with van der Waals surface area (Å²) in [7, 11) is 0. The number of hydrogen-bond donors (Lipinski definition) is 2. The lowest BCUT2D eigenvalue weighted by molar-refractivity contribution is -0.151. The quantitative estimate of drug-likeness (QED) is 0.293. The molecule has 0 spiro atoms. The number of esters is 1. The Kier molecular flexibility index (Phi) is 6.10. The fraction of sp³-hybridized carbons (Fsp3) is 0.346. The second-order valence-electron chi connectivity index (χ2n) is 9.09. The lowest BCUT2D eigenvalue weighted by atomic mass is 9.84. The maximum atomic E-state index is 12.9. The van der Waals surface area contributed by atoms with Crippen LogP contribution in [-0.4, -0.2) is 42.8 Å². The van der Waals surface area contributed by atoms with Crippen LogP contribution in [0.1, 0.15) is 56.1 Å². The van der Waals surface area contributed by atoms with E-state index in [0.29, 0.717) is 12.4 Å². The van der Waals surface area contributed by atoms with Gasteiger partial charge in [0.05, 0.1) is 35.9 Å². The van der Waals surface area contributed by atoms with Gasteiger partial charge in [0.25, 0.3) is 0 Å². The Bertz CT molecular complexity index is 1510. The zero-order valence-corrected chi connectivity index (χ0v) is 20.7. The number of ether oxygens (including phenoxy) is 1. The van der Waals surface area contributed by atoms with Crippen molar-refractivity contribution in [3.63, 3.8) is 0 Å². The molecule has 0 saturated heterocycles. The molecule has 3 atom stereocenters. The van der Waals surface area contributed by atoms with E-state index in [4.69, 9.17) is 4.74 Å². The smallest absolute Gasteiger partial charge is 0.311 e. The monoisotopic (exact) mass is 501 g/mol. The van der Waals surface area contributed by atoms with Crippen molar-refractivity contribution in [1.29, 1.82) is 0 Å². The second-order valence-corrected chi connectivity index (χ2v) is 10.0. The summed E-state index contributed by atoms with van der Waals surface area (Å²) >= 11 is 1.70. The predicted molar refractivity (Wildman–Crippen MR) is 139 cm³/mol. The molecule has 0 radical (unpaired) electrons. The molecule has 3 heterocycles. The highest BCUT2D eigenvalue weighted by Crippen LogP contribution is 2.39. The number of rotatable bonds is 7. The molecular weight excluding hydrogens is 474 g/mol. The molecule has 3 unspecified atom stereocenters. The van der Waals surface area contributed by atoms with Crippen molar-refractivity contribution in [3.05, 3.63) is 65.6 Å². The molecule has 1 aliphatic rings. The second kappa shape index (κ2) is 9.69. The molecule has 1 aliphatic carbocycles. The van der Waals surface area contributed by atoms with Crippen molar-refractivity contribution in [2.24, 2.45) is 5.92 Å². The van der Waals surface area contributed by atoms with Gasteiger partial charge in [0.2, 0.25) is 0 Å². The Balaban J connectivity index is 1.44. The third kappa shape index (κ3) is 4.11. The number of aromatic nitrogens is 6. The topological polar surface area (TPSA) is 111 Å². The van der Waals surface area contributed by atoms with Crippen LogP contribution in [0.2, 0.25) is 0 Å². The molecule has 1 saturated carbocycles. The van der Waals surface area contributed by atoms with Crippen LogP contribution in [0.15, 0.2) is 54.2 Å². The lowest BCUT2D eigenvalue weighted by Crippen LogP contribution is -2.33. The van der Waals surface area contributed by atoms with E-state index >= 15 is 0 Å². The van der Waals surface area contributed by atoms with Crippen LogP contribution < -0.4 is 5.32 Å². The number of hydrogen-bond acceptors (Lipinski definition) is 8. The maximum Gasteiger partial charge on any atom is 0.311 e. The summed E-state index contributed by atoms with van der Waals surface area (Å²) in [4.78, 5) is 20.4. The van der Waals surface area contributed by atoms with Crippen LogP contribution in [0.5, 0.6) is 0 Å². The first-order valence-corrected chi connectivity index (χ1v) is 13.2. The minimum atomic E-state index is -0.318. The van der Waals surface area contributed by atoms with Crippen molar-refractivity contribution in [1.82, 2.24) is 30.2 Å². The fourth-order valence-electron chi connectivity index (χ4n) is 5.25. The number of H-pyrrole nitrogens is 1. The fourth-order valence-corrected chi connectivity index (χ4v) is 6.24. The van der Waals surface area contributed by atoms with E-state index in [0.717, 1.165) is 53.4 Å². The molecule has 2 N–H and O–H groups in total. The highest BCUT2D eigenvalue weighted by Gasteiger charge is 2.37. The van der Waals surface area contributed by atoms with E-state index in [1.165, 1.54) is 4.70 Å². The number of benzene rings is 2. The van der Waals surface area contributed by atoms with E-state index < -0.39 is 0 Å². The summed E-state index contributed by atoms with van der Waals surface area (Å²) in [6.07, 6.45) is 5.32. The van der Waals surface area contributed by atoms with Gasteiger partial charge in [0.1, 0.15) is 6.04 Å². The summed E-state index contributed by atoms with van der Waals surface area (Å²) in [5, 5.41) is 20.0. The molecule has 184 valence electrons. The molecular formula is C26H27N7O2S. The highest BCUT2D eigenvalue weighted by atomic mass is 32.1. The number of aromatic amines is 1.